The molecule has 1 aliphatic rings. The standard InChI is InChI=1S/C30H20N2O7/c1-18-11-12-21(17-25(18)31-28(34)23-9-5-6-10-24(23)29(31)35)30(36)39-27(26(33)19-7-3-2-4-8-19)20-13-15-22(16-14-20)32(37)38/h2-17,27H,1H3/t27-/m1/s1. The summed E-state index contributed by atoms with van der Waals surface area (Å²) in [5, 5.41) is 11.1. The lowest BCUT2D eigenvalue weighted by Crippen LogP contribution is -2.30. The van der Waals surface area contributed by atoms with Gasteiger partial charge >= 0.3 is 5.97 Å². The summed E-state index contributed by atoms with van der Waals surface area (Å²) < 4.78 is 5.67. The maximum absolute atomic E-state index is 13.4. The minimum Gasteiger partial charge on any atom is -0.445 e. The van der Waals surface area contributed by atoms with Gasteiger partial charge in [-0.2, -0.15) is 0 Å². The fraction of sp³-hybridized carbons (Fsp3) is 0.0667. The number of aryl methyl sites for hydroxylation is 1. The smallest absolute Gasteiger partial charge is 0.339 e. The number of non-ortho nitro benzene ring substituents is 1. The molecule has 5 rings (SSSR count). The van der Waals surface area contributed by atoms with Crippen molar-refractivity contribution in [3.63, 3.8) is 0 Å². The van der Waals surface area contributed by atoms with Crippen molar-refractivity contribution in [3.8, 4) is 0 Å². The van der Waals surface area contributed by atoms with E-state index < -0.39 is 34.6 Å². The Balaban J connectivity index is 1.48. The molecule has 2 amide bonds. The fourth-order valence-corrected chi connectivity index (χ4v) is 4.36. The van der Waals surface area contributed by atoms with Crippen LogP contribution in [0.4, 0.5) is 11.4 Å². The predicted octanol–water partition coefficient (Wildman–Crippen LogP) is 5.48. The van der Waals surface area contributed by atoms with E-state index >= 15 is 0 Å². The first-order chi connectivity index (χ1) is 18.8. The van der Waals surface area contributed by atoms with Crippen LogP contribution >= 0.6 is 0 Å². The van der Waals surface area contributed by atoms with E-state index in [9.17, 15) is 29.3 Å². The molecule has 1 atom stereocenters. The molecule has 0 saturated carbocycles. The van der Waals surface area contributed by atoms with Gasteiger partial charge in [0.05, 0.1) is 27.3 Å². The van der Waals surface area contributed by atoms with Gasteiger partial charge in [-0.15, -0.1) is 0 Å². The summed E-state index contributed by atoms with van der Waals surface area (Å²) in [7, 11) is 0. The average Bonchev–Trinajstić information content (AvgIpc) is 3.21. The van der Waals surface area contributed by atoms with Crippen LogP contribution in [0.15, 0.2) is 97.1 Å². The Labute approximate surface area is 222 Å². The Kier molecular flexibility index (Phi) is 6.56. The van der Waals surface area contributed by atoms with Gasteiger partial charge in [0, 0.05) is 23.3 Å². The van der Waals surface area contributed by atoms with E-state index in [4.69, 9.17) is 4.74 Å². The van der Waals surface area contributed by atoms with Crippen molar-refractivity contribution in [3.05, 3.63) is 141 Å². The van der Waals surface area contributed by atoms with E-state index in [0.717, 1.165) is 4.90 Å². The Morgan fingerprint density at radius 1 is 0.795 bits per heavy atom. The molecule has 1 aliphatic heterocycles. The van der Waals surface area contributed by atoms with Crippen LogP contribution in [0.5, 0.6) is 0 Å². The number of nitrogens with zero attached hydrogens (tertiary/aromatic N) is 2. The number of nitro benzene ring substituents is 1. The normalized spacial score (nSPS) is 13.1. The zero-order chi connectivity index (χ0) is 27.7. The number of carbonyl (C=O) groups is 4. The number of rotatable bonds is 7. The van der Waals surface area contributed by atoms with Crippen LogP contribution < -0.4 is 4.90 Å². The number of fused-ring (bicyclic) bond motifs is 1. The Morgan fingerprint density at radius 2 is 1.38 bits per heavy atom. The minimum absolute atomic E-state index is 0.0138. The van der Waals surface area contributed by atoms with E-state index in [2.05, 4.69) is 0 Å². The van der Waals surface area contributed by atoms with Crippen molar-refractivity contribution in [2.75, 3.05) is 4.90 Å². The topological polar surface area (TPSA) is 124 Å². The van der Waals surface area contributed by atoms with Crippen LogP contribution in [0.2, 0.25) is 0 Å². The van der Waals surface area contributed by atoms with Gasteiger partial charge in [0.25, 0.3) is 17.5 Å². The number of Topliss-reactive ketones (excluding diaryl/α,β-unsaturated/α-hetero) is 1. The van der Waals surface area contributed by atoms with Crippen LogP contribution in [0.3, 0.4) is 0 Å². The minimum atomic E-state index is -1.40. The van der Waals surface area contributed by atoms with Gasteiger partial charge in [0.2, 0.25) is 5.78 Å². The zero-order valence-corrected chi connectivity index (χ0v) is 20.6. The number of ketones is 1. The van der Waals surface area contributed by atoms with E-state index in [1.165, 1.54) is 36.4 Å². The lowest BCUT2D eigenvalue weighted by molar-refractivity contribution is -0.384. The monoisotopic (exact) mass is 520 g/mol. The van der Waals surface area contributed by atoms with E-state index in [0.29, 0.717) is 5.56 Å². The second-order valence-corrected chi connectivity index (χ2v) is 8.86. The van der Waals surface area contributed by atoms with Crippen LogP contribution in [-0.2, 0) is 4.74 Å². The SMILES string of the molecule is Cc1ccc(C(=O)O[C@@H](C(=O)c2ccccc2)c2ccc([N+](=O)[O-])cc2)cc1N1C(=O)c2ccccc2C1=O. The third-order valence-corrected chi connectivity index (χ3v) is 6.41. The second kappa shape index (κ2) is 10.1. The maximum Gasteiger partial charge on any atom is 0.339 e. The molecule has 1 heterocycles. The highest BCUT2D eigenvalue weighted by Crippen LogP contribution is 2.32. The molecule has 9 nitrogen and oxygen atoms in total. The van der Waals surface area contributed by atoms with Gasteiger partial charge in [0.15, 0.2) is 6.10 Å². The summed E-state index contributed by atoms with van der Waals surface area (Å²) >= 11 is 0. The number of amides is 2. The summed E-state index contributed by atoms with van der Waals surface area (Å²) in [6.07, 6.45) is -1.40. The molecule has 0 N–H and O–H groups in total. The van der Waals surface area contributed by atoms with Gasteiger partial charge in [-0.05, 0) is 48.9 Å². The summed E-state index contributed by atoms with van der Waals surface area (Å²) in [4.78, 5) is 64.3. The Hall–Kier alpha value is -5.44. The lowest BCUT2D eigenvalue weighted by Gasteiger charge is -2.20. The Bertz CT molecular complexity index is 1610. The van der Waals surface area contributed by atoms with Crippen molar-refractivity contribution in [2.45, 2.75) is 13.0 Å². The van der Waals surface area contributed by atoms with Crippen LogP contribution in [0, 0.1) is 17.0 Å². The third-order valence-electron chi connectivity index (χ3n) is 6.41. The largest absolute Gasteiger partial charge is 0.445 e. The molecule has 4 aromatic rings. The van der Waals surface area contributed by atoms with E-state index in [1.54, 1.807) is 67.6 Å². The van der Waals surface area contributed by atoms with E-state index in [1.807, 2.05) is 0 Å². The first kappa shape index (κ1) is 25.2. The lowest BCUT2D eigenvalue weighted by atomic mass is 9.99. The Morgan fingerprint density at radius 3 is 1.97 bits per heavy atom. The molecule has 39 heavy (non-hydrogen) atoms. The van der Waals surface area contributed by atoms with Gasteiger partial charge in [-0.25, -0.2) is 9.69 Å². The number of hydrogen-bond acceptors (Lipinski definition) is 7. The van der Waals surface area contributed by atoms with Crippen molar-refractivity contribution < 1.29 is 28.8 Å². The quantitative estimate of drug-likeness (QED) is 0.104. The number of benzene rings is 4. The van der Waals surface area contributed by atoms with Gasteiger partial charge in [0.1, 0.15) is 0 Å². The number of hydrogen-bond donors (Lipinski definition) is 0. The first-order valence-electron chi connectivity index (χ1n) is 11.9. The molecular weight excluding hydrogens is 500 g/mol. The van der Waals surface area contributed by atoms with Crippen LogP contribution in [0.1, 0.15) is 58.7 Å². The van der Waals surface area contributed by atoms with Gasteiger partial charge in [-0.1, -0.05) is 48.5 Å². The third kappa shape index (κ3) is 4.69. The van der Waals surface area contributed by atoms with Gasteiger partial charge in [-0.3, -0.25) is 24.5 Å². The van der Waals surface area contributed by atoms with Crippen molar-refractivity contribution >= 4 is 34.9 Å². The fourth-order valence-electron chi connectivity index (χ4n) is 4.36. The highest BCUT2D eigenvalue weighted by atomic mass is 16.6. The molecule has 0 spiro atoms. The summed E-state index contributed by atoms with van der Waals surface area (Å²) in [5.41, 5.74) is 1.69. The molecule has 0 bridgehead atoms. The predicted molar refractivity (Wildman–Crippen MR) is 141 cm³/mol. The number of ether oxygens (including phenoxy) is 1. The molecule has 4 aromatic carbocycles. The number of carbonyl (C=O) groups excluding carboxylic acids is 4. The van der Waals surface area contributed by atoms with Gasteiger partial charge < -0.3 is 4.74 Å². The van der Waals surface area contributed by atoms with E-state index in [-0.39, 0.29) is 39.2 Å². The molecule has 0 aliphatic carbocycles. The van der Waals surface area contributed by atoms with Crippen molar-refractivity contribution in [2.24, 2.45) is 0 Å². The molecule has 0 unspecified atom stereocenters. The maximum atomic E-state index is 13.4. The molecular formula is C30H20N2O7. The summed E-state index contributed by atoms with van der Waals surface area (Å²) in [6.45, 7) is 1.70. The highest BCUT2D eigenvalue weighted by molar-refractivity contribution is 6.34. The van der Waals surface area contributed by atoms with Crippen molar-refractivity contribution in [1.29, 1.82) is 0 Å². The molecule has 0 fully saturated rings. The number of anilines is 1. The summed E-state index contributed by atoms with van der Waals surface area (Å²) in [6, 6.07) is 24.2. The average molecular weight is 520 g/mol. The number of imide groups is 1. The van der Waals surface area contributed by atoms with Crippen molar-refractivity contribution in [1.82, 2.24) is 0 Å². The van der Waals surface area contributed by atoms with Crippen LogP contribution in [-0.4, -0.2) is 28.5 Å². The zero-order valence-electron chi connectivity index (χ0n) is 20.6. The molecule has 0 radical (unpaired) electrons. The molecule has 0 saturated heterocycles. The second-order valence-electron chi connectivity index (χ2n) is 8.86. The first-order valence-corrected chi connectivity index (χ1v) is 11.9. The molecule has 0 aromatic heterocycles. The highest BCUT2D eigenvalue weighted by Gasteiger charge is 2.37. The summed E-state index contributed by atoms with van der Waals surface area (Å²) in [5.74, 6) is -2.41. The number of esters is 1. The van der Waals surface area contributed by atoms with Crippen LogP contribution in [0.25, 0.3) is 0 Å². The number of nitro groups is 1. The molecule has 192 valence electrons. The molecule has 9 heteroatoms.